The molecule has 0 spiro atoms. The van der Waals surface area contributed by atoms with Crippen LogP contribution in [0.2, 0.25) is 0 Å². The molecule has 0 aliphatic rings. The Bertz CT molecular complexity index is 1630. The molecule has 4 amide bonds. The van der Waals surface area contributed by atoms with Crippen LogP contribution in [0.1, 0.15) is 65.2 Å². The Morgan fingerprint density at radius 1 is 0.824 bits per heavy atom. The van der Waals surface area contributed by atoms with Gasteiger partial charge in [0.05, 0.1) is 11.6 Å². The van der Waals surface area contributed by atoms with Gasteiger partial charge in [0.1, 0.15) is 25.5 Å². The number of ketones is 1. The monoisotopic (exact) mass is 714 g/mol. The van der Waals surface area contributed by atoms with Crippen molar-refractivity contribution in [1.82, 2.24) is 20.9 Å². The first-order chi connectivity index (χ1) is 24.2. The van der Waals surface area contributed by atoms with E-state index in [9.17, 15) is 41.5 Å². The lowest BCUT2D eigenvalue weighted by molar-refractivity contribution is -0.137. The zero-order valence-electron chi connectivity index (χ0n) is 28.5. The van der Waals surface area contributed by atoms with E-state index >= 15 is 0 Å². The van der Waals surface area contributed by atoms with Crippen LogP contribution >= 0.6 is 0 Å². The van der Waals surface area contributed by atoms with Gasteiger partial charge >= 0.3 is 12.3 Å². The number of carbonyl (C=O) groups excluding carboxylic acids is 5. The molecule has 0 aliphatic heterocycles. The van der Waals surface area contributed by atoms with Crippen molar-refractivity contribution >= 4 is 29.6 Å². The van der Waals surface area contributed by atoms with Gasteiger partial charge in [-0.25, -0.2) is 9.18 Å². The maximum absolute atomic E-state index is 13.3. The van der Waals surface area contributed by atoms with Crippen molar-refractivity contribution in [3.05, 3.63) is 106 Å². The second-order valence-electron chi connectivity index (χ2n) is 11.9. The maximum Gasteiger partial charge on any atom is 0.416 e. The smallest absolute Gasteiger partial charge is 0.416 e. The van der Waals surface area contributed by atoms with Gasteiger partial charge in [-0.15, -0.1) is 0 Å². The standard InChI is InChI=1S/C37H42F4N4O6/c1-3-32(46)31(44-36(50)51-24-27-10-14-29(15-11-27)37(39,40)41)9-4-5-19-42-33(47)22-45(35(49)28-8-6-7-25(2)21-28)23-34(48)43-20-18-26-12-16-30(38)17-13-26/h6-8,10-17,21,31H,3-5,9,18-20,22-24H2,1-2H3,(H,42,47)(H,43,48)(H,44,50). The summed E-state index contributed by atoms with van der Waals surface area (Å²) < 4.78 is 56.6. The molecule has 0 bridgehead atoms. The lowest BCUT2D eigenvalue weighted by atomic mass is 10.0. The van der Waals surface area contributed by atoms with Crippen molar-refractivity contribution < 1.29 is 46.3 Å². The van der Waals surface area contributed by atoms with Crippen molar-refractivity contribution in [1.29, 1.82) is 0 Å². The molecule has 0 saturated heterocycles. The number of amides is 4. The molecular formula is C37H42F4N4O6. The normalized spacial score (nSPS) is 11.6. The average Bonchev–Trinajstić information content (AvgIpc) is 3.09. The summed E-state index contributed by atoms with van der Waals surface area (Å²) in [7, 11) is 0. The number of nitrogens with zero attached hydrogens (tertiary/aromatic N) is 1. The largest absolute Gasteiger partial charge is 0.445 e. The van der Waals surface area contributed by atoms with Gasteiger partial charge < -0.3 is 25.6 Å². The van der Waals surface area contributed by atoms with Gasteiger partial charge in [-0.3, -0.25) is 19.2 Å². The predicted molar refractivity (Wildman–Crippen MR) is 181 cm³/mol. The lowest BCUT2D eigenvalue weighted by Gasteiger charge is -2.22. The molecule has 0 fully saturated rings. The first-order valence-corrected chi connectivity index (χ1v) is 16.5. The Kier molecular flexibility index (Phi) is 15.6. The van der Waals surface area contributed by atoms with Gasteiger partial charge in [-0.05, 0) is 80.1 Å². The minimum Gasteiger partial charge on any atom is -0.445 e. The fraction of sp³-hybridized carbons (Fsp3) is 0.378. The van der Waals surface area contributed by atoms with Crippen LogP contribution in [0.4, 0.5) is 22.4 Å². The van der Waals surface area contributed by atoms with Gasteiger partial charge in [0.25, 0.3) is 5.91 Å². The van der Waals surface area contributed by atoms with Crippen LogP contribution in [-0.2, 0) is 38.3 Å². The summed E-state index contributed by atoms with van der Waals surface area (Å²) in [4.78, 5) is 64.9. The number of aryl methyl sites for hydroxylation is 1. The SMILES string of the molecule is CCC(=O)C(CCCCNC(=O)CN(CC(=O)NCCc1ccc(F)cc1)C(=O)c1cccc(C)c1)NC(=O)OCc1ccc(C(F)(F)F)cc1. The Labute approximate surface area is 293 Å². The predicted octanol–water partition coefficient (Wildman–Crippen LogP) is 5.51. The fourth-order valence-electron chi connectivity index (χ4n) is 5.00. The third-order valence-corrected chi connectivity index (χ3v) is 7.79. The van der Waals surface area contributed by atoms with Crippen molar-refractivity contribution in [2.45, 2.75) is 64.8 Å². The third kappa shape index (κ3) is 14.2. The van der Waals surface area contributed by atoms with E-state index in [2.05, 4.69) is 16.0 Å². The van der Waals surface area contributed by atoms with Crippen LogP contribution in [0.15, 0.2) is 72.8 Å². The number of Topliss-reactive ketones (excluding diaryl/α,β-unsaturated/α-hetero) is 1. The molecule has 10 nitrogen and oxygen atoms in total. The Balaban J connectivity index is 1.46. The summed E-state index contributed by atoms with van der Waals surface area (Å²) in [5.41, 5.74) is 1.48. The number of rotatable bonds is 18. The number of alkyl carbamates (subject to hydrolysis) is 1. The topological polar surface area (TPSA) is 134 Å². The summed E-state index contributed by atoms with van der Waals surface area (Å²) in [6.45, 7) is 2.85. The molecule has 3 N–H and O–H groups in total. The van der Waals surface area contributed by atoms with E-state index in [4.69, 9.17) is 4.74 Å². The molecule has 3 aromatic carbocycles. The summed E-state index contributed by atoms with van der Waals surface area (Å²) >= 11 is 0. The van der Waals surface area contributed by atoms with E-state index in [0.29, 0.717) is 30.4 Å². The van der Waals surface area contributed by atoms with Crippen LogP contribution in [0.25, 0.3) is 0 Å². The van der Waals surface area contributed by atoms with E-state index in [0.717, 1.165) is 28.2 Å². The molecule has 14 heteroatoms. The van der Waals surface area contributed by atoms with Crippen LogP contribution in [0.3, 0.4) is 0 Å². The highest BCUT2D eigenvalue weighted by atomic mass is 19.4. The molecule has 1 atom stereocenters. The quantitative estimate of drug-likeness (QED) is 0.118. The van der Waals surface area contributed by atoms with Gasteiger partial charge in [-0.2, -0.15) is 13.2 Å². The Morgan fingerprint density at radius 2 is 1.45 bits per heavy atom. The van der Waals surface area contributed by atoms with Gasteiger partial charge in [0, 0.05) is 25.1 Å². The number of nitrogens with one attached hydrogen (secondary N) is 3. The van der Waals surface area contributed by atoms with Gasteiger partial charge in [0.2, 0.25) is 11.8 Å². The minimum atomic E-state index is -4.49. The molecule has 51 heavy (non-hydrogen) atoms. The van der Waals surface area contributed by atoms with E-state index in [-0.39, 0.29) is 57.2 Å². The summed E-state index contributed by atoms with van der Waals surface area (Å²) in [5, 5.41) is 7.95. The molecule has 274 valence electrons. The summed E-state index contributed by atoms with van der Waals surface area (Å²) in [5.74, 6) is -2.08. The first-order valence-electron chi connectivity index (χ1n) is 16.5. The highest BCUT2D eigenvalue weighted by molar-refractivity contribution is 5.98. The molecular weight excluding hydrogens is 672 g/mol. The minimum absolute atomic E-state index is 0.144. The number of carbonyl (C=O) groups is 5. The molecule has 0 saturated carbocycles. The Morgan fingerprint density at radius 3 is 2.06 bits per heavy atom. The second-order valence-corrected chi connectivity index (χ2v) is 11.9. The summed E-state index contributed by atoms with van der Waals surface area (Å²) in [6.07, 6.45) is -3.69. The number of ether oxygens (including phenoxy) is 1. The molecule has 3 aromatic rings. The lowest BCUT2D eigenvalue weighted by Crippen LogP contribution is -2.46. The number of unbranched alkanes of at least 4 members (excludes halogenated alkanes) is 1. The van der Waals surface area contributed by atoms with Crippen LogP contribution in [0.5, 0.6) is 0 Å². The van der Waals surface area contributed by atoms with E-state index in [1.54, 1.807) is 37.3 Å². The van der Waals surface area contributed by atoms with E-state index in [1.165, 1.54) is 24.3 Å². The molecule has 0 radical (unpaired) electrons. The highest BCUT2D eigenvalue weighted by Crippen LogP contribution is 2.29. The number of benzene rings is 3. The number of hydrogen-bond acceptors (Lipinski definition) is 6. The maximum atomic E-state index is 13.3. The van der Waals surface area contributed by atoms with Gasteiger partial charge in [-0.1, -0.05) is 48.9 Å². The summed E-state index contributed by atoms with van der Waals surface area (Å²) in [6, 6.07) is 16.0. The fourth-order valence-corrected chi connectivity index (χ4v) is 5.00. The zero-order chi connectivity index (χ0) is 37.4. The molecule has 0 aromatic heterocycles. The van der Waals surface area contributed by atoms with Gasteiger partial charge in [0.15, 0.2) is 5.78 Å². The number of hydrogen-bond donors (Lipinski definition) is 3. The first kappa shape index (κ1) is 40.2. The van der Waals surface area contributed by atoms with Crippen LogP contribution < -0.4 is 16.0 Å². The number of halogens is 4. The highest BCUT2D eigenvalue weighted by Gasteiger charge is 2.30. The van der Waals surface area contributed by atoms with Crippen molar-refractivity contribution in [3.63, 3.8) is 0 Å². The Hall–Kier alpha value is -5.27. The molecule has 1 unspecified atom stereocenters. The van der Waals surface area contributed by atoms with Crippen LogP contribution in [0, 0.1) is 12.7 Å². The van der Waals surface area contributed by atoms with Crippen molar-refractivity contribution in [2.75, 3.05) is 26.2 Å². The molecule has 0 heterocycles. The van der Waals surface area contributed by atoms with E-state index in [1.807, 2.05) is 13.0 Å². The van der Waals surface area contributed by atoms with Crippen LogP contribution in [-0.4, -0.2) is 66.7 Å². The molecule has 3 rings (SSSR count). The van der Waals surface area contributed by atoms with E-state index < -0.39 is 41.6 Å². The second kappa shape index (κ2) is 19.8. The van der Waals surface area contributed by atoms with Crippen molar-refractivity contribution in [3.8, 4) is 0 Å². The zero-order valence-corrected chi connectivity index (χ0v) is 28.5. The third-order valence-electron chi connectivity index (χ3n) is 7.79. The van der Waals surface area contributed by atoms with Crippen molar-refractivity contribution in [2.24, 2.45) is 0 Å². The molecule has 0 aliphatic carbocycles. The number of alkyl halides is 3. The average molecular weight is 715 g/mol.